The summed E-state index contributed by atoms with van der Waals surface area (Å²) in [6.45, 7) is 13.4. The van der Waals surface area contributed by atoms with Crippen LogP contribution in [-0.4, -0.2) is 41.8 Å². The lowest BCUT2D eigenvalue weighted by molar-refractivity contribution is 0.390. The highest BCUT2D eigenvalue weighted by Gasteiger charge is 2.41. The Morgan fingerprint density at radius 2 is 1.55 bits per heavy atom. The second-order valence-electron chi connectivity index (χ2n) is 6.57. The van der Waals surface area contributed by atoms with Gasteiger partial charge in [-0.1, -0.05) is 63.5 Å². The van der Waals surface area contributed by atoms with Crippen LogP contribution in [0.5, 0.6) is 0 Å². The Morgan fingerprint density at radius 3 is 1.95 bits per heavy atom. The fourth-order valence-electron chi connectivity index (χ4n) is 3.36. The van der Waals surface area contributed by atoms with E-state index in [1.165, 1.54) is 0 Å². The molecule has 1 aliphatic rings. The molecule has 3 nitrogen and oxygen atoms in total. The van der Waals surface area contributed by atoms with Gasteiger partial charge in [-0.25, -0.2) is 0 Å². The van der Waals surface area contributed by atoms with Gasteiger partial charge in [0.15, 0.2) is 0 Å². The molecular weight excluding hydrogens is 269 g/mol. The minimum Gasteiger partial charge on any atom is -0.321 e. The summed E-state index contributed by atoms with van der Waals surface area (Å²) in [5, 5.41) is 9.72. The number of rotatable bonds is 4. The Hall–Kier alpha value is -1.57. The van der Waals surface area contributed by atoms with E-state index >= 15 is 0 Å². The average molecular weight is 295 g/mol. The van der Waals surface area contributed by atoms with Crippen molar-refractivity contribution in [3.63, 3.8) is 0 Å². The normalized spacial score (nSPS) is 18.0. The van der Waals surface area contributed by atoms with Gasteiger partial charge < -0.3 is 9.62 Å². The van der Waals surface area contributed by atoms with E-state index in [2.05, 4.69) is 50.3 Å². The molecule has 4 heteroatoms. The van der Waals surface area contributed by atoms with Crippen LogP contribution in [-0.2, 0) is 0 Å². The smallest absolute Gasteiger partial charge is 0.321 e. The van der Waals surface area contributed by atoms with E-state index in [0.29, 0.717) is 12.1 Å². The van der Waals surface area contributed by atoms with Crippen LogP contribution in [0.3, 0.4) is 0 Å². The second kappa shape index (κ2) is 7.13. The van der Waals surface area contributed by atoms with E-state index in [-0.39, 0.29) is 6.98 Å². The molecule has 0 aliphatic carbocycles. The van der Waals surface area contributed by atoms with E-state index in [9.17, 15) is 5.26 Å². The van der Waals surface area contributed by atoms with E-state index < -0.39 is 0 Å². The van der Waals surface area contributed by atoms with E-state index in [4.69, 9.17) is 0 Å². The molecule has 2 rings (SSSR count). The molecule has 1 aromatic carbocycles. The van der Waals surface area contributed by atoms with Crippen molar-refractivity contribution >= 4 is 12.6 Å². The van der Waals surface area contributed by atoms with Crippen LogP contribution in [0.1, 0.15) is 40.2 Å². The first-order valence-corrected chi connectivity index (χ1v) is 8.15. The van der Waals surface area contributed by atoms with Crippen molar-refractivity contribution in [3.05, 3.63) is 41.4 Å². The van der Waals surface area contributed by atoms with Gasteiger partial charge in [0.1, 0.15) is 0 Å². The topological polar surface area (TPSA) is 30.3 Å². The standard InChI is InChI=1S/C18H26BN3/c1-14(2)21-11-12-22(15(3)4)19(21)16(5)18(13-20)17-9-7-6-8-10-17/h6-10,14-15H,11-12H2,1-5H3/b18-16+. The highest BCUT2D eigenvalue weighted by molar-refractivity contribution is 6.63. The first kappa shape index (κ1) is 16.8. The van der Waals surface area contributed by atoms with Crippen molar-refractivity contribution in [3.8, 4) is 6.07 Å². The zero-order valence-corrected chi connectivity index (χ0v) is 14.4. The van der Waals surface area contributed by atoms with Crippen LogP contribution in [0.4, 0.5) is 0 Å². The third-order valence-electron chi connectivity index (χ3n) is 4.53. The van der Waals surface area contributed by atoms with Gasteiger partial charge in [0.05, 0.1) is 11.6 Å². The van der Waals surface area contributed by atoms with Crippen LogP contribution < -0.4 is 0 Å². The van der Waals surface area contributed by atoms with E-state index in [1.54, 1.807) is 0 Å². The number of benzene rings is 1. The lowest BCUT2D eigenvalue weighted by atomic mass is 9.62. The molecule has 1 aromatic rings. The Balaban J connectivity index is 2.48. The fourth-order valence-corrected chi connectivity index (χ4v) is 3.36. The van der Waals surface area contributed by atoms with Gasteiger partial charge in [-0.05, 0) is 24.6 Å². The third-order valence-corrected chi connectivity index (χ3v) is 4.53. The third kappa shape index (κ3) is 3.26. The van der Waals surface area contributed by atoms with Crippen molar-refractivity contribution in [2.75, 3.05) is 13.1 Å². The molecule has 1 fully saturated rings. The van der Waals surface area contributed by atoms with Gasteiger partial charge in [0.25, 0.3) is 0 Å². The van der Waals surface area contributed by atoms with Crippen molar-refractivity contribution in [2.45, 2.75) is 46.7 Å². The summed E-state index contributed by atoms with van der Waals surface area (Å²) in [6, 6.07) is 13.4. The van der Waals surface area contributed by atoms with Gasteiger partial charge >= 0.3 is 6.98 Å². The van der Waals surface area contributed by atoms with Crippen molar-refractivity contribution in [1.29, 1.82) is 5.26 Å². The average Bonchev–Trinajstić information content (AvgIpc) is 2.94. The van der Waals surface area contributed by atoms with E-state index in [0.717, 1.165) is 29.7 Å². The predicted molar refractivity (Wildman–Crippen MR) is 94.1 cm³/mol. The molecule has 0 saturated carbocycles. The molecule has 0 N–H and O–H groups in total. The van der Waals surface area contributed by atoms with E-state index in [1.807, 2.05) is 30.3 Å². The highest BCUT2D eigenvalue weighted by atomic mass is 15.3. The summed E-state index contributed by atoms with van der Waals surface area (Å²) in [6.07, 6.45) is 0. The summed E-state index contributed by atoms with van der Waals surface area (Å²) < 4.78 is 0. The summed E-state index contributed by atoms with van der Waals surface area (Å²) >= 11 is 0. The fraction of sp³-hybridized carbons (Fsp3) is 0.500. The lowest BCUT2D eigenvalue weighted by Crippen LogP contribution is -2.50. The number of hydrogen-bond donors (Lipinski definition) is 0. The number of nitrogens with zero attached hydrogens (tertiary/aromatic N) is 3. The molecule has 1 aliphatic heterocycles. The summed E-state index contributed by atoms with van der Waals surface area (Å²) in [5.74, 6) is 0. The molecule has 1 saturated heterocycles. The van der Waals surface area contributed by atoms with Crippen molar-refractivity contribution < 1.29 is 0 Å². The lowest BCUT2D eigenvalue weighted by Gasteiger charge is -2.32. The minimum absolute atomic E-state index is 0.217. The minimum atomic E-state index is 0.217. The Kier molecular flexibility index (Phi) is 5.44. The van der Waals surface area contributed by atoms with Gasteiger partial charge in [-0.2, -0.15) is 5.26 Å². The summed E-state index contributed by atoms with van der Waals surface area (Å²) in [5.41, 5.74) is 2.99. The zero-order chi connectivity index (χ0) is 16.3. The maximum absolute atomic E-state index is 9.72. The molecule has 0 amide bonds. The maximum atomic E-state index is 9.72. The quantitative estimate of drug-likeness (QED) is 0.629. The second-order valence-corrected chi connectivity index (χ2v) is 6.57. The van der Waals surface area contributed by atoms with Crippen LogP contribution in [0.25, 0.3) is 5.57 Å². The van der Waals surface area contributed by atoms with Crippen molar-refractivity contribution in [2.24, 2.45) is 0 Å². The van der Waals surface area contributed by atoms with Crippen LogP contribution in [0.15, 0.2) is 35.8 Å². The number of allylic oxidation sites excluding steroid dienone is 2. The zero-order valence-electron chi connectivity index (χ0n) is 14.4. The highest BCUT2D eigenvalue weighted by Crippen LogP contribution is 2.27. The Labute approximate surface area is 135 Å². The van der Waals surface area contributed by atoms with Gasteiger partial charge in [0.2, 0.25) is 0 Å². The molecule has 116 valence electrons. The molecule has 0 spiro atoms. The monoisotopic (exact) mass is 295 g/mol. The van der Waals surface area contributed by atoms with Gasteiger partial charge in [-0.3, -0.25) is 0 Å². The molecule has 0 radical (unpaired) electrons. The maximum Gasteiger partial charge on any atom is 0.343 e. The van der Waals surface area contributed by atoms with Crippen molar-refractivity contribution in [1.82, 2.24) is 9.62 Å². The molecule has 22 heavy (non-hydrogen) atoms. The number of nitriles is 1. The molecule has 0 aromatic heterocycles. The van der Waals surface area contributed by atoms with Crippen LogP contribution in [0.2, 0.25) is 0 Å². The van der Waals surface area contributed by atoms with Crippen LogP contribution >= 0.6 is 0 Å². The summed E-state index contributed by atoms with van der Waals surface area (Å²) in [7, 11) is 0. The van der Waals surface area contributed by atoms with Crippen LogP contribution in [0, 0.1) is 11.3 Å². The van der Waals surface area contributed by atoms with Gasteiger partial charge in [0, 0.05) is 13.1 Å². The largest absolute Gasteiger partial charge is 0.343 e. The molecular formula is C18H26BN3. The molecule has 1 heterocycles. The summed E-state index contributed by atoms with van der Waals surface area (Å²) in [4.78, 5) is 4.99. The molecule has 0 atom stereocenters. The first-order chi connectivity index (χ1) is 10.5. The Bertz CT molecular complexity index is 556. The SMILES string of the molecule is C/C(B1N(C(C)C)CCN1C(C)C)=C(/C#N)c1ccccc1. The van der Waals surface area contributed by atoms with Gasteiger partial charge in [-0.15, -0.1) is 0 Å². The Morgan fingerprint density at radius 1 is 1.05 bits per heavy atom. The molecule has 0 unspecified atom stereocenters. The molecule has 0 bridgehead atoms. The first-order valence-electron chi connectivity index (χ1n) is 8.15. The predicted octanol–water partition coefficient (Wildman–Crippen LogP) is 3.45. The number of hydrogen-bond acceptors (Lipinski definition) is 3.